The van der Waals surface area contributed by atoms with Gasteiger partial charge in [0.1, 0.15) is 0 Å². The van der Waals surface area contributed by atoms with Crippen LogP contribution < -0.4 is 11.2 Å². The summed E-state index contributed by atoms with van der Waals surface area (Å²) in [5.74, 6) is -1.90. The lowest BCUT2D eigenvalue weighted by atomic mass is 10.2. The van der Waals surface area contributed by atoms with Gasteiger partial charge in [0.2, 0.25) is 0 Å². The largest absolute Gasteiger partial charge is 0.361 e. The molecule has 0 saturated heterocycles. The van der Waals surface area contributed by atoms with Gasteiger partial charge in [0.25, 0.3) is 0 Å². The van der Waals surface area contributed by atoms with E-state index in [2.05, 4.69) is 17.5 Å². The molecule has 0 aliphatic carbocycles. The number of nitrogens with two attached hydrogens (primary N) is 1. The molecule has 5 heteroatoms. The molecule has 0 rings (SSSR count). The van der Waals surface area contributed by atoms with Crippen LogP contribution >= 0.6 is 0 Å². The fourth-order valence-electron chi connectivity index (χ4n) is 0.690. The summed E-state index contributed by atoms with van der Waals surface area (Å²) in [5, 5.41) is 3.70. The van der Waals surface area contributed by atoms with Gasteiger partial charge in [-0.05, 0) is 19.8 Å². The Balaban J connectivity index is 3.82. The summed E-state index contributed by atoms with van der Waals surface area (Å²) in [7, 11) is 0. The average Bonchev–Trinajstić information content (AvgIpc) is 2.10. The maximum atomic E-state index is 10.6. The summed E-state index contributed by atoms with van der Waals surface area (Å²) in [5.41, 5.74) is 7.56. The Morgan fingerprint density at radius 1 is 1.46 bits per heavy atom. The van der Waals surface area contributed by atoms with E-state index in [4.69, 9.17) is 5.73 Å². The maximum absolute atomic E-state index is 10.6. The maximum Gasteiger partial charge on any atom is 0.329 e. The van der Waals surface area contributed by atoms with Crippen LogP contribution in [0, 0.1) is 0 Å². The van der Waals surface area contributed by atoms with E-state index in [0.29, 0.717) is 0 Å². The zero-order chi connectivity index (χ0) is 10.3. The van der Waals surface area contributed by atoms with E-state index < -0.39 is 11.8 Å². The van der Waals surface area contributed by atoms with E-state index in [1.807, 2.05) is 0 Å². The number of unbranched alkanes of at least 4 members (excludes halogenated alkanes) is 1. The summed E-state index contributed by atoms with van der Waals surface area (Å²) < 4.78 is 0. The first kappa shape index (κ1) is 11.6. The molecule has 0 aromatic carbocycles. The average molecular weight is 185 g/mol. The first-order valence-electron chi connectivity index (χ1n) is 4.20. The zero-order valence-electron chi connectivity index (χ0n) is 7.96. The summed E-state index contributed by atoms with van der Waals surface area (Å²) in [6.07, 6.45) is 2.90. The molecule has 5 nitrogen and oxygen atoms in total. The van der Waals surface area contributed by atoms with Gasteiger partial charge in [-0.2, -0.15) is 5.10 Å². The Morgan fingerprint density at radius 2 is 2.08 bits per heavy atom. The van der Waals surface area contributed by atoms with Crippen LogP contribution in [0.5, 0.6) is 0 Å². The van der Waals surface area contributed by atoms with Crippen LogP contribution in [-0.2, 0) is 9.59 Å². The third kappa shape index (κ3) is 5.84. The van der Waals surface area contributed by atoms with Crippen LogP contribution in [0.15, 0.2) is 5.10 Å². The SMILES string of the molecule is CCCCC(C)=NNC(=O)C(N)=O. The third-order valence-corrected chi connectivity index (χ3v) is 1.46. The van der Waals surface area contributed by atoms with Gasteiger partial charge >= 0.3 is 11.8 Å². The molecular formula is C8H15N3O2. The minimum absolute atomic E-state index is 0.788. The van der Waals surface area contributed by atoms with Gasteiger partial charge < -0.3 is 5.73 Å². The van der Waals surface area contributed by atoms with Crippen molar-refractivity contribution in [2.45, 2.75) is 33.1 Å². The zero-order valence-corrected chi connectivity index (χ0v) is 7.96. The number of nitrogens with zero attached hydrogens (tertiary/aromatic N) is 1. The van der Waals surface area contributed by atoms with Gasteiger partial charge in [-0.3, -0.25) is 9.59 Å². The van der Waals surface area contributed by atoms with E-state index in [-0.39, 0.29) is 0 Å². The van der Waals surface area contributed by atoms with Gasteiger partial charge in [-0.1, -0.05) is 13.3 Å². The molecule has 0 aromatic heterocycles. The molecule has 0 fully saturated rings. The summed E-state index contributed by atoms with van der Waals surface area (Å²) in [4.78, 5) is 20.9. The van der Waals surface area contributed by atoms with E-state index in [1.165, 1.54) is 0 Å². The van der Waals surface area contributed by atoms with E-state index in [1.54, 1.807) is 6.92 Å². The molecule has 13 heavy (non-hydrogen) atoms. The van der Waals surface area contributed by atoms with Gasteiger partial charge in [-0.15, -0.1) is 0 Å². The molecule has 0 aliphatic rings. The summed E-state index contributed by atoms with van der Waals surface area (Å²) >= 11 is 0. The predicted octanol–water partition coefficient (Wildman–Crippen LogP) is 0.154. The van der Waals surface area contributed by atoms with Crippen molar-refractivity contribution in [3.63, 3.8) is 0 Å². The highest BCUT2D eigenvalue weighted by atomic mass is 16.2. The monoisotopic (exact) mass is 185 g/mol. The number of hydrogen-bond donors (Lipinski definition) is 2. The van der Waals surface area contributed by atoms with Crippen molar-refractivity contribution < 1.29 is 9.59 Å². The van der Waals surface area contributed by atoms with Crippen LogP contribution in [0.2, 0.25) is 0 Å². The molecule has 0 heterocycles. The number of carbonyl (C=O) groups is 2. The molecule has 0 aromatic rings. The Labute approximate surface area is 77.4 Å². The highest BCUT2D eigenvalue weighted by Gasteiger charge is 2.05. The van der Waals surface area contributed by atoms with Crippen molar-refractivity contribution in [3.8, 4) is 0 Å². The molecule has 0 aliphatic heterocycles. The van der Waals surface area contributed by atoms with Crippen LogP contribution in [0.4, 0.5) is 0 Å². The highest BCUT2D eigenvalue weighted by Crippen LogP contribution is 1.95. The second-order valence-corrected chi connectivity index (χ2v) is 2.76. The summed E-state index contributed by atoms with van der Waals surface area (Å²) in [6.45, 7) is 3.85. The molecule has 0 radical (unpaired) electrons. The number of carbonyl (C=O) groups excluding carboxylic acids is 2. The molecule has 3 N–H and O–H groups in total. The van der Waals surface area contributed by atoms with E-state index in [9.17, 15) is 9.59 Å². The van der Waals surface area contributed by atoms with Crippen molar-refractivity contribution in [3.05, 3.63) is 0 Å². The van der Waals surface area contributed by atoms with Crippen LogP contribution in [0.25, 0.3) is 0 Å². The lowest BCUT2D eigenvalue weighted by molar-refractivity contribution is -0.137. The smallest absolute Gasteiger partial charge is 0.329 e. The number of hydrazone groups is 1. The second-order valence-electron chi connectivity index (χ2n) is 2.76. The Bertz CT molecular complexity index is 223. The van der Waals surface area contributed by atoms with Crippen molar-refractivity contribution in [1.29, 1.82) is 0 Å². The molecule has 0 unspecified atom stereocenters. The first-order valence-corrected chi connectivity index (χ1v) is 4.20. The Morgan fingerprint density at radius 3 is 2.54 bits per heavy atom. The lowest BCUT2D eigenvalue weighted by Gasteiger charge is -1.98. The molecule has 2 amide bonds. The van der Waals surface area contributed by atoms with Crippen molar-refractivity contribution >= 4 is 17.5 Å². The Hall–Kier alpha value is -1.39. The first-order chi connectivity index (χ1) is 6.07. The van der Waals surface area contributed by atoms with E-state index >= 15 is 0 Å². The van der Waals surface area contributed by atoms with Gasteiger partial charge in [-0.25, -0.2) is 5.43 Å². The van der Waals surface area contributed by atoms with Crippen molar-refractivity contribution in [2.75, 3.05) is 0 Å². The van der Waals surface area contributed by atoms with Gasteiger partial charge in [0.05, 0.1) is 0 Å². The highest BCUT2D eigenvalue weighted by molar-refractivity contribution is 6.34. The van der Waals surface area contributed by atoms with E-state index in [0.717, 1.165) is 25.0 Å². The normalized spacial score (nSPS) is 11.1. The molecular weight excluding hydrogens is 170 g/mol. The van der Waals surface area contributed by atoms with Crippen LogP contribution in [-0.4, -0.2) is 17.5 Å². The van der Waals surface area contributed by atoms with Crippen LogP contribution in [0.1, 0.15) is 33.1 Å². The van der Waals surface area contributed by atoms with Crippen LogP contribution in [0.3, 0.4) is 0 Å². The van der Waals surface area contributed by atoms with Crippen molar-refractivity contribution in [2.24, 2.45) is 10.8 Å². The number of nitrogens with one attached hydrogen (secondary N) is 1. The quantitative estimate of drug-likeness (QED) is 0.371. The molecule has 0 spiro atoms. The topological polar surface area (TPSA) is 84.6 Å². The molecule has 0 bridgehead atoms. The fourth-order valence-corrected chi connectivity index (χ4v) is 0.690. The Kier molecular flexibility index (Phi) is 5.50. The molecule has 0 atom stereocenters. The second kappa shape index (κ2) is 6.16. The fraction of sp³-hybridized carbons (Fsp3) is 0.625. The third-order valence-electron chi connectivity index (χ3n) is 1.46. The van der Waals surface area contributed by atoms with Gasteiger partial charge in [0, 0.05) is 5.71 Å². The minimum Gasteiger partial charge on any atom is -0.361 e. The standard InChI is InChI=1S/C8H15N3O2/c1-3-4-5-6(2)10-11-8(13)7(9)12/h3-5H2,1-2H3,(H2,9,12)(H,11,13). The number of amides is 2. The molecule has 74 valence electrons. The number of rotatable bonds is 4. The molecule has 0 saturated carbocycles. The lowest BCUT2D eigenvalue weighted by Crippen LogP contribution is -2.33. The minimum atomic E-state index is -1.02. The van der Waals surface area contributed by atoms with Crippen molar-refractivity contribution in [1.82, 2.24) is 5.43 Å². The number of hydrogen-bond acceptors (Lipinski definition) is 3. The predicted molar refractivity (Wildman–Crippen MR) is 50.0 cm³/mol. The summed E-state index contributed by atoms with van der Waals surface area (Å²) in [6, 6.07) is 0. The number of primary amides is 1. The van der Waals surface area contributed by atoms with Gasteiger partial charge in [0.15, 0.2) is 0 Å².